The summed E-state index contributed by atoms with van der Waals surface area (Å²) in [7, 11) is -1.74. The van der Waals surface area contributed by atoms with Crippen molar-refractivity contribution < 1.29 is 12.8 Å². The number of sulfone groups is 1. The number of nitrogens with zero attached hydrogens (tertiary/aromatic N) is 2. The monoisotopic (exact) mass is 254 g/mol. The number of hydrogen-bond donors (Lipinski definition) is 0. The van der Waals surface area contributed by atoms with Crippen LogP contribution in [0.1, 0.15) is 5.69 Å². The Morgan fingerprint density at radius 2 is 1.88 bits per heavy atom. The molecule has 0 radical (unpaired) electrons. The van der Waals surface area contributed by atoms with Crippen LogP contribution in [-0.4, -0.2) is 18.2 Å². The highest BCUT2D eigenvalue weighted by atomic mass is 32.2. The molecule has 0 amide bonds. The highest BCUT2D eigenvalue weighted by molar-refractivity contribution is 7.90. The Hall–Kier alpha value is -1.69. The Labute approximate surface area is 98.6 Å². The van der Waals surface area contributed by atoms with Crippen molar-refractivity contribution in [3.8, 4) is 0 Å². The van der Waals surface area contributed by atoms with Gasteiger partial charge in [-0.3, -0.25) is 4.68 Å². The van der Waals surface area contributed by atoms with Gasteiger partial charge >= 0.3 is 0 Å². The second-order valence-electron chi connectivity index (χ2n) is 3.69. The summed E-state index contributed by atoms with van der Waals surface area (Å²) in [4.78, 5) is 0.101. The molecule has 2 rings (SSSR count). The fourth-order valence-corrected chi connectivity index (χ4v) is 2.72. The fraction of sp³-hybridized carbons (Fsp3) is 0.182. The van der Waals surface area contributed by atoms with Crippen molar-refractivity contribution in [2.24, 2.45) is 7.05 Å². The summed E-state index contributed by atoms with van der Waals surface area (Å²) in [6.07, 6.45) is 1.68. The fourth-order valence-electron chi connectivity index (χ4n) is 1.46. The molecule has 0 saturated heterocycles. The molecule has 0 atom stereocenters. The van der Waals surface area contributed by atoms with Gasteiger partial charge in [0.15, 0.2) is 9.84 Å². The average molecular weight is 254 g/mol. The Kier molecular flexibility index (Phi) is 2.97. The summed E-state index contributed by atoms with van der Waals surface area (Å²) in [6, 6.07) is 6.42. The van der Waals surface area contributed by atoms with E-state index >= 15 is 0 Å². The maximum absolute atomic E-state index is 12.7. The molecule has 0 aliphatic rings. The van der Waals surface area contributed by atoms with Gasteiger partial charge in [0.1, 0.15) is 5.82 Å². The van der Waals surface area contributed by atoms with Crippen molar-refractivity contribution >= 4 is 9.84 Å². The summed E-state index contributed by atoms with van der Waals surface area (Å²) >= 11 is 0. The minimum Gasteiger partial charge on any atom is -0.276 e. The number of halogens is 1. The van der Waals surface area contributed by atoms with Crippen LogP contribution in [-0.2, 0) is 22.6 Å². The van der Waals surface area contributed by atoms with Crippen LogP contribution in [0.4, 0.5) is 4.39 Å². The van der Waals surface area contributed by atoms with Crippen LogP contribution in [0.5, 0.6) is 0 Å². The van der Waals surface area contributed by atoms with E-state index in [1.165, 1.54) is 16.8 Å². The van der Waals surface area contributed by atoms with Crippen LogP contribution in [0.3, 0.4) is 0 Å². The minimum atomic E-state index is -3.46. The molecule has 0 aliphatic heterocycles. The van der Waals surface area contributed by atoms with Crippen LogP contribution >= 0.6 is 0 Å². The Bertz CT molecular complexity index is 617. The van der Waals surface area contributed by atoms with Crippen molar-refractivity contribution in [3.05, 3.63) is 48.0 Å². The van der Waals surface area contributed by atoms with Crippen LogP contribution in [0.15, 0.2) is 41.4 Å². The van der Waals surface area contributed by atoms with Gasteiger partial charge in [0, 0.05) is 13.2 Å². The number of aromatic nitrogens is 2. The molecule has 0 saturated carbocycles. The first-order valence-corrected chi connectivity index (χ1v) is 6.59. The van der Waals surface area contributed by atoms with Gasteiger partial charge in [-0.15, -0.1) is 0 Å². The summed E-state index contributed by atoms with van der Waals surface area (Å²) in [6.45, 7) is 0. The second-order valence-corrected chi connectivity index (χ2v) is 5.68. The minimum absolute atomic E-state index is 0.101. The predicted octanol–water partition coefficient (Wildman–Crippen LogP) is 1.53. The molecule has 1 heterocycles. The topological polar surface area (TPSA) is 52.0 Å². The number of rotatable bonds is 3. The highest BCUT2D eigenvalue weighted by Gasteiger charge is 2.16. The molecule has 6 heteroatoms. The Morgan fingerprint density at radius 1 is 1.24 bits per heavy atom. The summed E-state index contributed by atoms with van der Waals surface area (Å²) < 4.78 is 38.1. The molecule has 0 bridgehead atoms. The average Bonchev–Trinajstić information content (AvgIpc) is 2.63. The highest BCUT2D eigenvalue weighted by Crippen LogP contribution is 2.15. The predicted molar refractivity (Wildman–Crippen MR) is 60.5 cm³/mol. The third kappa shape index (κ3) is 2.71. The molecule has 0 unspecified atom stereocenters. The van der Waals surface area contributed by atoms with Crippen molar-refractivity contribution in [2.45, 2.75) is 10.6 Å². The SMILES string of the molecule is Cn1ccc(CS(=O)(=O)c2ccc(F)cc2)n1. The first-order chi connectivity index (χ1) is 7.97. The lowest BCUT2D eigenvalue weighted by atomic mass is 10.4. The summed E-state index contributed by atoms with van der Waals surface area (Å²) in [5, 5.41) is 4.00. The van der Waals surface area contributed by atoms with Gasteiger partial charge in [-0.1, -0.05) is 0 Å². The molecule has 1 aromatic carbocycles. The normalized spacial score (nSPS) is 11.6. The third-order valence-corrected chi connectivity index (χ3v) is 3.95. The molecule has 0 N–H and O–H groups in total. The molecule has 17 heavy (non-hydrogen) atoms. The van der Waals surface area contributed by atoms with E-state index in [0.29, 0.717) is 5.69 Å². The molecular weight excluding hydrogens is 243 g/mol. The lowest BCUT2D eigenvalue weighted by Crippen LogP contribution is -2.06. The van der Waals surface area contributed by atoms with Gasteiger partial charge in [-0.05, 0) is 30.3 Å². The molecule has 0 spiro atoms. The van der Waals surface area contributed by atoms with E-state index in [0.717, 1.165) is 12.1 Å². The second kappa shape index (κ2) is 4.29. The smallest absolute Gasteiger partial charge is 0.184 e. The van der Waals surface area contributed by atoms with E-state index < -0.39 is 15.7 Å². The Morgan fingerprint density at radius 3 is 2.41 bits per heavy atom. The van der Waals surface area contributed by atoms with Gasteiger partial charge in [0.25, 0.3) is 0 Å². The molecule has 0 aliphatic carbocycles. The zero-order chi connectivity index (χ0) is 12.5. The summed E-state index contributed by atoms with van der Waals surface area (Å²) in [5.41, 5.74) is 0.469. The van der Waals surface area contributed by atoms with E-state index in [9.17, 15) is 12.8 Å². The van der Waals surface area contributed by atoms with E-state index in [2.05, 4.69) is 5.10 Å². The largest absolute Gasteiger partial charge is 0.276 e. The molecule has 2 aromatic rings. The maximum Gasteiger partial charge on any atom is 0.184 e. The van der Waals surface area contributed by atoms with Gasteiger partial charge in [0.2, 0.25) is 0 Å². The lowest BCUT2D eigenvalue weighted by Gasteiger charge is -2.02. The van der Waals surface area contributed by atoms with Crippen molar-refractivity contribution in [2.75, 3.05) is 0 Å². The van der Waals surface area contributed by atoms with Gasteiger partial charge in [0.05, 0.1) is 16.3 Å². The van der Waals surface area contributed by atoms with Crippen LogP contribution in [0, 0.1) is 5.82 Å². The maximum atomic E-state index is 12.7. The summed E-state index contributed by atoms with van der Waals surface area (Å²) in [5.74, 6) is -0.638. The number of aryl methyl sites for hydroxylation is 1. The van der Waals surface area contributed by atoms with Crippen molar-refractivity contribution in [3.63, 3.8) is 0 Å². The molecule has 0 fully saturated rings. The van der Waals surface area contributed by atoms with Gasteiger partial charge < -0.3 is 0 Å². The molecule has 1 aromatic heterocycles. The zero-order valence-electron chi connectivity index (χ0n) is 9.17. The van der Waals surface area contributed by atoms with Gasteiger partial charge in [-0.25, -0.2) is 12.8 Å². The number of hydrogen-bond acceptors (Lipinski definition) is 3. The molecule has 4 nitrogen and oxygen atoms in total. The van der Waals surface area contributed by atoms with Crippen LogP contribution < -0.4 is 0 Å². The van der Waals surface area contributed by atoms with Crippen LogP contribution in [0.25, 0.3) is 0 Å². The van der Waals surface area contributed by atoms with Crippen LogP contribution in [0.2, 0.25) is 0 Å². The molecular formula is C11H11FN2O2S. The quantitative estimate of drug-likeness (QED) is 0.781. The van der Waals surface area contributed by atoms with E-state index in [-0.39, 0.29) is 10.6 Å². The van der Waals surface area contributed by atoms with Crippen molar-refractivity contribution in [1.29, 1.82) is 0 Å². The van der Waals surface area contributed by atoms with Gasteiger partial charge in [-0.2, -0.15) is 5.10 Å². The first kappa shape index (κ1) is 11.8. The van der Waals surface area contributed by atoms with Crippen molar-refractivity contribution in [1.82, 2.24) is 9.78 Å². The van der Waals surface area contributed by atoms with E-state index in [1.807, 2.05) is 0 Å². The van der Waals surface area contributed by atoms with E-state index in [4.69, 9.17) is 0 Å². The first-order valence-electron chi connectivity index (χ1n) is 4.94. The lowest BCUT2D eigenvalue weighted by molar-refractivity contribution is 0.592. The Balaban J connectivity index is 2.28. The number of benzene rings is 1. The molecule has 90 valence electrons. The third-order valence-electron chi connectivity index (χ3n) is 2.28. The van der Waals surface area contributed by atoms with E-state index in [1.54, 1.807) is 19.3 Å². The zero-order valence-corrected chi connectivity index (χ0v) is 9.98. The standard InChI is InChI=1S/C11H11FN2O2S/c1-14-7-6-10(13-14)8-17(15,16)11-4-2-9(12)3-5-11/h2-7H,8H2,1H3.